The van der Waals surface area contributed by atoms with Crippen LogP contribution in [0.2, 0.25) is 0 Å². The van der Waals surface area contributed by atoms with Crippen molar-refractivity contribution in [1.82, 2.24) is 4.98 Å². The Kier molecular flexibility index (Phi) is 5.60. The van der Waals surface area contributed by atoms with E-state index in [0.717, 1.165) is 25.3 Å². The minimum atomic E-state index is -4.47. The molecule has 0 bridgehead atoms. The molecule has 0 fully saturated rings. The molecule has 1 unspecified atom stereocenters. The molecule has 0 aliphatic rings. The minimum absolute atomic E-state index is 0.00220. The van der Waals surface area contributed by atoms with E-state index in [4.69, 9.17) is 10.5 Å². The van der Waals surface area contributed by atoms with E-state index in [-0.39, 0.29) is 18.5 Å². The lowest BCUT2D eigenvalue weighted by Crippen LogP contribution is -2.19. The van der Waals surface area contributed by atoms with Crippen LogP contribution in [0, 0.1) is 0 Å². The van der Waals surface area contributed by atoms with Crippen molar-refractivity contribution < 1.29 is 17.9 Å². The van der Waals surface area contributed by atoms with Crippen LogP contribution in [0.5, 0.6) is 5.88 Å². The maximum Gasteiger partial charge on any atom is 0.433 e. The van der Waals surface area contributed by atoms with Gasteiger partial charge in [-0.2, -0.15) is 13.2 Å². The van der Waals surface area contributed by atoms with Gasteiger partial charge in [-0.15, -0.1) is 0 Å². The zero-order valence-corrected chi connectivity index (χ0v) is 11.1. The highest BCUT2D eigenvalue weighted by molar-refractivity contribution is 5.29. The standard InChI is InChI=1S/C13H19F3N2O/c1-3-5-10(4-2)19-12-9(8-17)6-7-11(18-12)13(14,15)16/h6-7,10H,3-5,8,17H2,1-2H3. The topological polar surface area (TPSA) is 48.1 Å². The van der Waals surface area contributed by atoms with Crippen LogP contribution in [0.15, 0.2) is 12.1 Å². The Labute approximate surface area is 111 Å². The third-order valence-corrected chi connectivity index (χ3v) is 2.79. The first-order valence-electron chi connectivity index (χ1n) is 6.36. The molecule has 1 aromatic heterocycles. The molecular formula is C13H19F3N2O. The molecule has 0 saturated carbocycles. The predicted octanol–water partition coefficient (Wildman–Crippen LogP) is 3.52. The van der Waals surface area contributed by atoms with Gasteiger partial charge >= 0.3 is 6.18 Å². The summed E-state index contributed by atoms with van der Waals surface area (Å²) in [6.07, 6.45) is -2.22. The molecule has 0 aromatic carbocycles. The molecule has 0 spiro atoms. The lowest BCUT2D eigenvalue weighted by atomic mass is 10.1. The minimum Gasteiger partial charge on any atom is -0.474 e. The van der Waals surface area contributed by atoms with E-state index in [2.05, 4.69) is 4.98 Å². The molecule has 0 aliphatic carbocycles. The summed E-state index contributed by atoms with van der Waals surface area (Å²) in [6.45, 7) is 4.02. The van der Waals surface area contributed by atoms with Gasteiger partial charge < -0.3 is 10.5 Å². The second-order valence-corrected chi connectivity index (χ2v) is 4.30. The normalized spacial score (nSPS) is 13.4. The zero-order chi connectivity index (χ0) is 14.5. The number of rotatable bonds is 6. The van der Waals surface area contributed by atoms with E-state index in [1.165, 1.54) is 6.07 Å². The van der Waals surface area contributed by atoms with Crippen molar-refractivity contribution in [3.05, 3.63) is 23.4 Å². The Hall–Kier alpha value is -1.30. The first kappa shape index (κ1) is 15.8. The fraction of sp³-hybridized carbons (Fsp3) is 0.615. The number of ether oxygens (including phenoxy) is 1. The van der Waals surface area contributed by atoms with Gasteiger partial charge in [-0.05, 0) is 18.9 Å². The molecule has 2 N–H and O–H groups in total. The van der Waals surface area contributed by atoms with Crippen LogP contribution in [-0.4, -0.2) is 11.1 Å². The Morgan fingerprint density at radius 2 is 2.00 bits per heavy atom. The fourth-order valence-corrected chi connectivity index (χ4v) is 1.71. The predicted molar refractivity (Wildman–Crippen MR) is 66.7 cm³/mol. The lowest BCUT2D eigenvalue weighted by molar-refractivity contribution is -0.141. The summed E-state index contributed by atoms with van der Waals surface area (Å²) in [4.78, 5) is 3.56. The summed E-state index contributed by atoms with van der Waals surface area (Å²) in [5.74, 6) is -0.00220. The lowest BCUT2D eigenvalue weighted by Gasteiger charge is -2.19. The van der Waals surface area contributed by atoms with Gasteiger partial charge in [0.25, 0.3) is 0 Å². The van der Waals surface area contributed by atoms with Crippen molar-refractivity contribution in [2.75, 3.05) is 0 Å². The number of hydrogen-bond donors (Lipinski definition) is 1. The largest absolute Gasteiger partial charge is 0.474 e. The quantitative estimate of drug-likeness (QED) is 0.864. The van der Waals surface area contributed by atoms with Gasteiger partial charge in [0.05, 0.1) is 0 Å². The zero-order valence-electron chi connectivity index (χ0n) is 11.1. The third-order valence-electron chi connectivity index (χ3n) is 2.79. The van der Waals surface area contributed by atoms with E-state index >= 15 is 0 Å². The molecule has 3 nitrogen and oxygen atoms in total. The Bertz CT molecular complexity index is 407. The highest BCUT2D eigenvalue weighted by Gasteiger charge is 2.33. The van der Waals surface area contributed by atoms with Gasteiger partial charge in [0.1, 0.15) is 11.8 Å². The van der Waals surface area contributed by atoms with Crippen molar-refractivity contribution in [3.63, 3.8) is 0 Å². The number of alkyl halides is 3. The highest BCUT2D eigenvalue weighted by Crippen LogP contribution is 2.30. The van der Waals surface area contributed by atoms with E-state index in [9.17, 15) is 13.2 Å². The summed E-state index contributed by atoms with van der Waals surface area (Å²) in [5.41, 5.74) is 5.04. The van der Waals surface area contributed by atoms with Crippen molar-refractivity contribution in [3.8, 4) is 5.88 Å². The van der Waals surface area contributed by atoms with Gasteiger partial charge in [0, 0.05) is 12.1 Å². The Morgan fingerprint density at radius 1 is 1.32 bits per heavy atom. The van der Waals surface area contributed by atoms with Gasteiger partial charge in [-0.25, -0.2) is 4.98 Å². The smallest absolute Gasteiger partial charge is 0.433 e. The van der Waals surface area contributed by atoms with Crippen LogP contribution in [0.3, 0.4) is 0 Å². The van der Waals surface area contributed by atoms with Crippen molar-refractivity contribution >= 4 is 0 Å². The van der Waals surface area contributed by atoms with Crippen LogP contribution >= 0.6 is 0 Å². The van der Waals surface area contributed by atoms with Gasteiger partial charge in [0.2, 0.25) is 5.88 Å². The molecule has 1 rings (SSSR count). The Balaban J connectivity index is 3.02. The van der Waals surface area contributed by atoms with Crippen LogP contribution in [0.25, 0.3) is 0 Å². The molecule has 19 heavy (non-hydrogen) atoms. The second kappa shape index (κ2) is 6.75. The summed E-state index contributed by atoms with van der Waals surface area (Å²) < 4.78 is 43.4. The summed E-state index contributed by atoms with van der Waals surface area (Å²) in [7, 11) is 0. The van der Waals surface area contributed by atoms with E-state index in [1.807, 2.05) is 13.8 Å². The fourth-order valence-electron chi connectivity index (χ4n) is 1.71. The first-order valence-corrected chi connectivity index (χ1v) is 6.36. The van der Waals surface area contributed by atoms with Crippen LogP contribution in [-0.2, 0) is 12.7 Å². The van der Waals surface area contributed by atoms with Crippen LogP contribution in [0.4, 0.5) is 13.2 Å². The number of nitrogens with zero attached hydrogens (tertiary/aromatic N) is 1. The number of halogens is 3. The molecule has 1 atom stereocenters. The van der Waals surface area contributed by atoms with Crippen LogP contribution < -0.4 is 10.5 Å². The number of pyridine rings is 1. The molecular weight excluding hydrogens is 257 g/mol. The summed E-state index contributed by atoms with van der Waals surface area (Å²) in [6, 6.07) is 2.25. The molecule has 1 heterocycles. The molecule has 1 aromatic rings. The highest BCUT2D eigenvalue weighted by atomic mass is 19.4. The second-order valence-electron chi connectivity index (χ2n) is 4.30. The molecule has 6 heteroatoms. The van der Waals surface area contributed by atoms with Crippen LogP contribution in [0.1, 0.15) is 44.4 Å². The number of hydrogen-bond acceptors (Lipinski definition) is 3. The number of aromatic nitrogens is 1. The SMILES string of the molecule is CCCC(CC)Oc1nc(C(F)(F)F)ccc1CN. The van der Waals surface area contributed by atoms with Gasteiger partial charge in [0.15, 0.2) is 0 Å². The van der Waals surface area contributed by atoms with E-state index < -0.39 is 11.9 Å². The van der Waals surface area contributed by atoms with Crippen molar-refractivity contribution in [2.24, 2.45) is 5.73 Å². The van der Waals surface area contributed by atoms with Crippen molar-refractivity contribution in [2.45, 2.75) is 51.9 Å². The molecule has 108 valence electrons. The Morgan fingerprint density at radius 3 is 2.47 bits per heavy atom. The maximum atomic E-state index is 12.6. The third kappa shape index (κ3) is 4.38. The number of nitrogens with two attached hydrogens (primary N) is 1. The molecule has 0 amide bonds. The molecule has 0 aliphatic heterocycles. The van der Waals surface area contributed by atoms with Gasteiger partial charge in [-0.3, -0.25) is 0 Å². The summed E-state index contributed by atoms with van der Waals surface area (Å²) in [5, 5.41) is 0. The maximum absolute atomic E-state index is 12.6. The summed E-state index contributed by atoms with van der Waals surface area (Å²) >= 11 is 0. The monoisotopic (exact) mass is 276 g/mol. The average Bonchev–Trinajstić information content (AvgIpc) is 2.37. The average molecular weight is 276 g/mol. The van der Waals surface area contributed by atoms with Crippen molar-refractivity contribution in [1.29, 1.82) is 0 Å². The molecule has 0 radical (unpaired) electrons. The van der Waals surface area contributed by atoms with E-state index in [1.54, 1.807) is 0 Å². The first-order chi connectivity index (χ1) is 8.92. The van der Waals surface area contributed by atoms with E-state index in [0.29, 0.717) is 5.56 Å². The molecule has 0 saturated heterocycles. The van der Waals surface area contributed by atoms with Gasteiger partial charge in [-0.1, -0.05) is 26.3 Å².